The molecule has 1 unspecified atom stereocenters. The van der Waals surface area contributed by atoms with Crippen LogP contribution < -0.4 is 10.9 Å². The Morgan fingerprint density at radius 3 is 3.00 bits per heavy atom. The van der Waals surface area contributed by atoms with Crippen molar-refractivity contribution in [2.45, 2.75) is 52.1 Å². The molecule has 7 nitrogen and oxygen atoms in total. The van der Waals surface area contributed by atoms with E-state index < -0.39 is 0 Å². The molecule has 0 fully saturated rings. The van der Waals surface area contributed by atoms with Gasteiger partial charge in [-0.1, -0.05) is 36.3 Å². The van der Waals surface area contributed by atoms with Gasteiger partial charge in [0.25, 0.3) is 11.3 Å². The van der Waals surface area contributed by atoms with Gasteiger partial charge in [0.15, 0.2) is 0 Å². The maximum Gasteiger partial charge on any atom is 0.267 e. The molecular formula is C20H22N4O3. The van der Waals surface area contributed by atoms with E-state index in [0.717, 1.165) is 19.3 Å². The maximum absolute atomic E-state index is 12.9. The first-order chi connectivity index (χ1) is 13.1. The predicted octanol–water partition coefficient (Wildman–Crippen LogP) is 2.45. The van der Waals surface area contributed by atoms with Gasteiger partial charge in [0.1, 0.15) is 17.8 Å². The zero-order valence-corrected chi connectivity index (χ0v) is 15.5. The van der Waals surface area contributed by atoms with Crippen molar-refractivity contribution in [3.8, 4) is 0 Å². The number of hydrogen-bond donors (Lipinski definition) is 1. The standard InChI is InChI=1S/C20H22N4O3/c1-3-15-18-19(27-23-15)21-12(2)24(20(18)26)11-17(25)22-16-10-6-8-13-7-4-5-9-14(13)16/h4-5,7,9,16H,3,6,8,10-11H2,1-2H3,(H,22,25). The van der Waals surface area contributed by atoms with E-state index >= 15 is 0 Å². The largest absolute Gasteiger partial charge is 0.348 e. The van der Waals surface area contributed by atoms with Gasteiger partial charge >= 0.3 is 0 Å². The van der Waals surface area contributed by atoms with Crippen LogP contribution in [0.25, 0.3) is 11.1 Å². The lowest BCUT2D eigenvalue weighted by atomic mass is 9.88. The smallest absolute Gasteiger partial charge is 0.267 e. The Labute approximate surface area is 156 Å². The Hall–Kier alpha value is -2.96. The van der Waals surface area contributed by atoms with Gasteiger partial charge in [0.2, 0.25) is 5.91 Å². The van der Waals surface area contributed by atoms with Gasteiger partial charge in [-0.25, -0.2) is 0 Å². The van der Waals surface area contributed by atoms with E-state index in [1.165, 1.54) is 15.7 Å². The fourth-order valence-corrected chi connectivity index (χ4v) is 3.81. The number of nitrogens with one attached hydrogen (secondary N) is 1. The summed E-state index contributed by atoms with van der Waals surface area (Å²) in [5.74, 6) is 0.239. The quantitative estimate of drug-likeness (QED) is 0.766. The van der Waals surface area contributed by atoms with Crippen molar-refractivity contribution >= 4 is 17.0 Å². The molecule has 1 aromatic carbocycles. The van der Waals surface area contributed by atoms with Crippen molar-refractivity contribution < 1.29 is 9.32 Å². The topological polar surface area (TPSA) is 90.0 Å². The molecule has 1 atom stereocenters. The zero-order chi connectivity index (χ0) is 19.0. The molecule has 0 bridgehead atoms. The summed E-state index contributed by atoms with van der Waals surface area (Å²) in [7, 11) is 0. The van der Waals surface area contributed by atoms with Gasteiger partial charge in [-0.2, -0.15) is 4.98 Å². The molecule has 7 heteroatoms. The molecule has 27 heavy (non-hydrogen) atoms. The van der Waals surface area contributed by atoms with Crippen LogP contribution in [-0.2, 0) is 24.2 Å². The first kappa shape index (κ1) is 17.5. The summed E-state index contributed by atoms with van der Waals surface area (Å²) in [5, 5.41) is 7.35. The van der Waals surface area contributed by atoms with Crippen LogP contribution in [0.2, 0.25) is 0 Å². The highest BCUT2D eigenvalue weighted by Gasteiger charge is 2.23. The fourth-order valence-electron chi connectivity index (χ4n) is 3.81. The molecule has 140 valence electrons. The number of aryl methyl sites for hydroxylation is 3. The number of nitrogens with zero attached hydrogens (tertiary/aromatic N) is 3. The number of carbonyl (C=O) groups is 1. The lowest BCUT2D eigenvalue weighted by Gasteiger charge is -2.26. The van der Waals surface area contributed by atoms with Crippen LogP contribution in [0.15, 0.2) is 33.6 Å². The highest BCUT2D eigenvalue weighted by Crippen LogP contribution is 2.29. The monoisotopic (exact) mass is 366 g/mol. The van der Waals surface area contributed by atoms with Crippen LogP contribution in [0.5, 0.6) is 0 Å². The Morgan fingerprint density at radius 1 is 1.37 bits per heavy atom. The normalized spacial score (nSPS) is 16.3. The molecule has 3 aromatic rings. The lowest BCUT2D eigenvalue weighted by Crippen LogP contribution is -2.37. The third-order valence-corrected chi connectivity index (χ3v) is 5.20. The van der Waals surface area contributed by atoms with E-state index in [-0.39, 0.29) is 29.8 Å². The van der Waals surface area contributed by atoms with E-state index in [4.69, 9.17) is 4.52 Å². The molecule has 2 heterocycles. The maximum atomic E-state index is 12.9. The van der Waals surface area contributed by atoms with Gasteiger partial charge in [-0.15, -0.1) is 0 Å². The summed E-state index contributed by atoms with van der Waals surface area (Å²) in [5.41, 5.74) is 2.96. The molecule has 1 aliphatic carbocycles. The SMILES string of the molecule is CCc1noc2nc(C)n(CC(=O)NC3CCCc4ccccc43)c(=O)c12. The van der Waals surface area contributed by atoms with Crippen LogP contribution in [0.4, 0.5) is 0 Å². The molecule has 0 radical (unpaired) electrons. The second-order valence-electron chi connectivity index (χ2n) is 6.92. The van der Waals surface area contributed by atoms with Crippen LogP contribution in [-0.4, -0.2) is 20.6 Å². The summed E-state index contributed by atoms with van der Waals surface area (Å²) in [4.78, 5) is 29.8. The van der Waals surface area contributed by atoms with E-state index in [9.17, 15) is 9.59 Å². The van der Waals surface area contributed by atoms with Crippen molar-refractivity contribution in [3.05, 3.63) is 57.3 Å². The molecule has 4 rings (SSSR count). The minimum Gasteiger partial charge on any atom is -0.348 e. The van der Waals surface area contributed by atoms with Crippen LogP contribution in [0.1, 0.15) is 48.5 Å². The molecule has 0 spiro atoms. The highest BCUT2D eigenvalue weighted by atomic mass is 16.5. The molecule has 0 saturated carbocycles. The molecule has 0 saturated heterocycles. The van der Waals surface area contributed by atoms with Gasteiger partial charge in [-0.05, 0) is 43.7 Å². The van der Waals surface area contributed by atoms with Crippen molar-refractivity contribution in [3.63, 3.8) is 0 Å². The summed E-state index contributed by atoms with van der Waals surface area (Å²) in [6.45, 7) is 3.52. The Balaban J connectivity index is 1.60. The minimum atomic E-state index is -0.283. The number of rotatable bonds is 4. The Bertz CT molecular complexity index is 1070. The Morgan fingerprint density at radius 2 is 2.19 bits per heavy atom. The third kappa shape index (κ3) is 3.13. The second kappa shape index (κ2) is 6.98. The van der Waals surface area contributed by atoms with E-state index in [1.807, 2.05) is 19.1 Å². The number of amides is 1. The average Bonchev–Trinajstić information content (AvgIpc) is 3.08. The molecule has 1 aliphatic rings. The first-order valence-corrected chi connectivity index (χ1v) is 9.31. The molecular weight excluding hydrogens is 344 g/mol. The summed E-state index contributed by atoms with van der Waals surface area (Å²) < 4.78 is 6.54. The average molecular weight is 366 g/mol. The summed E-state index contributed by atoms with van der Waals surface area (Å²) in [6.07, 6.45) is 3.54. The number of fused-ring (bicyclic) bond motifs is 2. The minimum absolute atomic E-state index is 0.0167. The molecule has 1 amide bonds. The van der Waals surface area contributed by atoms with Crippen LogP contribution in [0, 0.1) is 6.92 Å². The highest BCUT2D eigenvalue weighted by molar-refractivity contribution is 5.78. The molecule has 0 aliphatic heterocycles. The van der Waals surface area contributed by atoms with E-state index in [1.54, 1.807) is 6.92 Å². The summed E-state index contributed by atoms with van der Waals surface area (Å²) >= 11 is 0. The van der Waals surface area contributed by atoms with Gasteiger partial charge in [0.05, 0.1) is 11.7 Å². The van der Waals surface area contributed by atoms with Crippen LogP contribution >= 0.6 is 0 Å². The number of aromatic nitrogens is 3. The van der Waals surface area contributed by atoms with E-state index in [2.05, 4.69) is 27.6 Å². The van der Waals surface area contributed by atoms with Gasteiger partial charge in [-0.3, -0.25) is 14.2 Å². The van der Waals surface area contributed by atoms with Crippen molar-refractivity contribution in [1.82, 2.24) is 20.0 Å². The fraction of sp³-hybridized carbons (Fsp3) is 0.400. The summed E-state index contributed by atoms with van der Waals surface area (Å²) in [6, 6.07) is 8.18. The predicted molar refractivity (Wildman–Crippen MR) is 100 cm³/mol. The lowest BCUT2D eigenvalue weighted by molar-refractivity contribution is -0.122. The first-order valence-electron chi connectivity index (χ1n) is 9.31. The molecule has 1 N–H and O–H groups in total. The van der Waals surface area contributed by atoms with E-state index in [0.29, 0.717) is 23.3 Å². The number of carbonyl (C=O) groups excluding carboxylic acids is 1. The Kier molecular flexibility index (Phi) is 4.51. The van der Waals surface area contributed by atoms with Crippen molar-refractivity contribution in [2.24, 2.45) is 0 Å². The van der Waals surface area contributed by atoms with Gasteiger partial charge < -0.3 is 9.84 Å². The van der Waals surface area contributed by atoms with Crippen molar-refractivity contribution in [1.29, 1.82) is 0 Å². The number of benzene rings is 1. The van der Waals surface area contributed by atoms with Crippen molar-refractivity contribution in [2.75, 3.05) is 0 Å². The van der Waals surface area contributed by atoms with Crippen LogP contribution in [0.3, 0.4) is 0 Å². The second-order valence-corrected chi connectivity index (χ2v) is 6.92. The zero-order valence-electron chi connectivity index (χ0n) is 15.5. The molecule has 2 aromatic heterocycles. The third-order valence-electron chi connectivity index (χ3n) is 5.20. The van der Waals surface area contributed by atoms with Gasteiger partial charge in [0, 0.05) is 0 Å². The number of hydrogen-bond acceptors (Lipinski definition) is 5.